The first-order valence-electron chi connectivity index (χ1n) is 6.56. The third-order valence-electron chi connectivity index (χ3n) is 3.21. The fraction of sp³-hybridized carbons (Fsp3) is 0. The molecule has 0 aliphatic rings. The van der Waals surface area contributed by atoms with E-state index in [1.54, 1.807) is 12.3 Å². The summed E-state index contributed by atoms with van der Waals surface area (Å²) in [5, 5.41) is 23.3. The summed E-state index contributed by atoms with van der Waals surface area (Å²) in [5.41, 5.74) is 4.35. The van der Waals surface area contributed by atoms with Crippen LogP contribution in [0.5, 0.6) is 11.5 Å². The number of aromatic nitrogens is 1. The number of carbonyl (C=O) groups is 1. The molecule has 0 radical (unpaired) electrons. The molecule has 6 nitrogen and oxygen atoms in total. The van der Waals surface area contributed by atoms with Crippen molar-refractivity contribution in [1.82, 2.24) is 10.4 Å². The normalized spacial score (nSPS) is 11.1. The molecular formula is C16H13N3O3. The minimum atomic E-state index is -0.336. The number of benzene rings is 2. The summed E-state index contributed by atoms with van der Waals surface area (Å²) in [7, 11) is 0. The van der Waals surface area contributed by atoms with Crippen LogP contribution in [0.1, 0.15) is 15.9 Å². The van der Waals surface area contributed by atoms with Gasteiger partial charge in [-0.15, -0.1) is 0 Å². The molecule has 0 saturated carbocycles. The maximum Gasteiger partial charge on any atom is 0.273 e. The van der Waals surface area contributed by atoms with Crippen LogP contribution in [0.3, 0.4) is 0 Å². The number of phenols is 2. The largest absolute Gasteiger partial charge is 0.504 e. The molecule has 110 valence electrons. The number of hydrogen-bond donors (Lipinski definition) is 4. The van der Waals surface area contributed by atoms with E-state index in [2.05, 4.69) is 15.5 Å². The molecule has 1 amide bonds. The van der Waals surface area contributed by atoms with Crippen molar-refractivity contribution in [3.05, 3.63) is 59.8 Å². The summed E-state index contributed by atoms with van der Waals surface area (Å²) in [4.78, 5) is 15.1. The monoisotopic (exact) mass is 295 g/mol. The number of rotatable bonds is 3. The molecule has 0 spiro atoms. The number of nitrogens with zero attached hydrogens (tertiary/aromatic N) is 1. The number of hydrogen-bond acceptors (Lipinski definition) is 4. The molecule has 1 heterocycles. The predicted molar refractivity (Wildman–Crippen MR) is 83.1 cm³/mol. The van der Waals surface area contributed by atoms with Crippen molar-refractivity contribution in [1.29, 1.82) is 0 Å². The first-order valence-corrected chi connectivity index (χ1v) is 6.56. The van der Waals surface area contributed by atoms with Gasteiger partial charge in [-0.1, -0.05) is 18.2 Å². The van der Waals surface area contributed by atoms with Crippen molar-refractivity contribution in [2.24, 2.45) is 5.10 Å². The minimum Gasteiger partial charge on any atom is -0.504 e. The van der Waals surface area contributed by atoms with Crippen LogP contribution in [0.4, 0.5) is 0 Å². The lowest BCUT2D eigenvalue weighted by atomic mass is 10.2. The van der Waals surface area contributed by atoms with Crippen LogP contribution < -0.4 is 5.43 Å². The van der Waals surface area contributed by atoms with Crippen molar-refractivity contribution in [3.8, 4) is 11.5 Å². The number of nitrogens with one attached hydrogen (secondary N) is 2. The molecule has 4 N–H and O–H groups in total. The summed E-state index contributed by atoms with van der Waals surface area (Å²) in [6.07, 6.45) is 3.01. The van der Waals surface area contributed by atoms with Gasteiger partial charge in [0.2, 0.25) is 0 Å². The van der Waals surface area contributed by atoms with E-state index >= 15 is 0 Å². The molecule has 3 rings (SSSR count). The van der Waals surface area contributed by atoms with E-state index in [0.717, 1.165) is 10.9 Å². The van der Waals surface area contributed by atoms with Gasteiger partial charge >= 0.3 is 0 Å². The Kier molecular flexibility index (Phi) is 3.49. The highest BCUT2D eigenvalue weighted by Gasteiger charge is 2.10. The van der Waals surface area contributed by atoms with Crippen LogP contribution in [0.15, 0.2) is 53.8 Å². The Labute approximate surface area is 125 Å². The summed E-state index contributed by atoms with van der Waals surface area (Å²) >= 11 is 0. The molecule has 0 bridgehead atoms. The fourth-order valence-electron chi connectivity index (χ4n) is 2.11. The number of aromatic hydroxyl groups is 2. The number of fused-ring (bicyclic) bond motifs is 1. The van der Waals surface area contributed by atoms with Crippen LogP contribution in [0.25, 0.3) is 10.9 Å². The Bertz CT molecular complexity index is 868. The second-order valence-electron chi connectivity index (χ2n) is 4.70. The molecule has 0 aliphatic heterocycles. The number of para-hydroxylation sites is 1. The van der Waals surface area contributed by atoms with Gasteiger partial charge in [0.1, 0.15) is 0 Å². The molecule has 0 atom stereocenters. The molecule has 0 unspecified atom stereocenters. The smallest absolute Gasteiger partial charge is 0.273 e. The number of amides is 1. The predicted octanol–water partition coefficient (Wildman–Crippen LogP) is 2.34. The van der Waals surface area contributed by atoms with E-state index in [0.29, 0.717) is 11.1 Å². The van der Waals surface area contributed by atoms with Crippen molar-refractivity contribution in [2.45, 2.75) is 0 Å². The standard InChI is InChI=1S/C16H13N3O3/c20-14-6-5-10(7-15(14)21)8-18-19-16(22)12-9-17-13-4-2-1-3-11(12)13/h1-9,17,20-21H,(H,19,22)/b18-8+. The Morgan fingerprint density at radius 1 is 1.14 bits per heavy atom. The van der Waals surface area contributed by atoms with E-state index in [1.165, 1.54) is 18.3 Å². The third-order valence-corrected chi connectivity index (χ3v) is 3.21. The average Bonchev–Trinajstić information content (AvgIpc) is 2.95. The Balaban J connectivity index is 1.74. The maximum absolute atomic E-state index is 12.1. The first-order chi connectivity index (χ1) is 10.6. The lowest BCUT2D eigenvalue weighted by Gasteiger charge is -1.99. The Morgan fingerprint density at radius 3 is 2.77 bits per heavy atom. The molecule has 3 aromatic rings. The summed E-state index contributed by atoms with van der Waals surface area (Å²) in [5.74, 6) is -0.788. The van der Waals surface area contributed by atoms with Crippen molar-refractivity contribution >= 4 is 23.0 Å². The second kappa shape index (κ2) is 5.61. The van der Waals surface area contributed by atoms with Gasteiger partial charge in [0, 0.05) is 17.1 Å². The lowest BCUT2D eigenvalue weighted by Crippen LogP contribution is -2.17. The van der Waals surface area contributed by atoms with Gasteiger partial charge in [-0.2, -0.15) is 5.10 Å². The Morgan fingerprint density at radius 2 is 1.95 bits per heavy atom. The van der Waals surface area contributed by atoms with E-state index < -0.39 is 0 Å². The van der Waals surface area contributed by atoms with Crippen LogP contribution >= 0.6 is 0 Å². The highest BCUT2D eigenvalue weighted by atomic mass is 16.3. The molecule has 0 saturated heterocycles. The SMILES string of the molecule is O=C(N/N=C/c1ccc(O)c(O)c1)c1c[nH]c2ccccc12. The van der Waals surface area contributed by atoms with E-state index in [-0.39, 0.29) is 17.4 Å². The maximum atomic E-state index is 12.1. The van der Waals surface area contributed by atoms with E-state index in [4.69, 9.17) is 0 Å². The molecule has 0 fully saturated rings. The highest BCUT2D eigenvalue weighted by molar-refractivity contribution is 6.06. The van der Waals surface area contributed by atoms with Gasteiger partial charge in [0.05, 0.1) is 11.8 Å². The highest BCUT2D eigenvalue weighted by Crippen LogP contribution is 2.24. The number of aromatic amines is 1. The van der Waals surface area contributed by atoms with Crippen LogP contribution in [-0.2, 0) is 0 Å². The van der Waals surface area contributed by atoms with E-state index in [9.17, 15) is 15.0 Å². The first kappa shape index (κ1) is 13.7. The van der Waals surface area contributed by atoms with Crippen molar-refractivity contribution < 1.29 is 15.0 Å². The topological polar surface area (TPSA) is 97.7 Å². The summed E-state index contributed by atoms with van der Waals surface area (Å²) in [6, 6.07) is 11.7. The number of H-pyrrole nitrogens is 1. The van der Waals surface area contributed by atoms with Crippen molar-refractivity contribution in [2.75, 3.05) is 0 Å². The van der Waals surface area contributed by atoms with Gasteiger partial charge < -0.3 is 15.2 Å². The van der Waals surface area contributed by atoms with Crippen LogP contribution in [-0.4, -0.2) is 27.3 Å². The third kappa shape index (κ3) is 2.62. The van der Waals surface area contributed by atoms with Crippen LogP contribution in [0.2, 0.25) is 0 Å². The van der Waals surface area contributed by atoms with Gasteiger partial charge in [-0.25, -0.2) is 5.43 Å². The van der Waals surface area contributed by atoms with Crippen molar-refractivity contribution in [3.63, 3.8) is 0 Å². The molecule has 1 aromatic heterocycles. The fourth-order valence-corrected chi connectivity index (χ4v) is 2.11. The van der Waals surface area contributed by atoms with Gasteiger partial charge in [-0.3, -0.25) is 4.79 Å². The molecule has 22 heavy (non-hydrogen) atoms. The minimum absolute atomic E-state index is 0.208. The Hall–Kier alpha value is -3.28. The molecule has 2 aromatic carbocycles. The van der Waals surface area contributed by atoms with Gasteiger partial charge in [0.15, 0.2) is 11.5 Å². The number of hydrazone groups is 1. The zero-order valence-corrected chi connectivity index (χ0v) is 11.4. The zero-order valence-electron chi connectivity index (χ0n) is 11.4. The number of phenolic OH excluding ortho intramolecular Hbond substituents is 2. The average molecular weight is 295 g/mol. The quantitative estimate of drug-likeness (QED) is 0.339. The van der Waals surface area contributed by atoms with E-state index in [1.807, 2.05) is 24.3 Å². The summed E-state index contributed by atoms with van der Waals surface area (Å²) in [6.45, 7) is 0. The number of carbonyl (C=O) groups excluding carboxylic acids is 1. The summed E-state index contributed by atoms with van der Waals surface area (Å²) < 4.78 is 0. The second-order valence-corrected chi connectivity index (χ2v) is 4.70. The molecule has 6 heteroatoms. The molecule has 0 aliphatic carbocycles. The molecular weight excluding hydrogens is 282 g/mol. The van der Waals surface area contributed by atoms with Gasteiger partial charge in [0.25, 0.3) is 5.91 Å². The lowest BCUT2D eigenvalue weighted by molar-refractivity contribution is 0.0957. The van der Waals surface area contributed by atoms with Gasteiger partial charge in [-0.05, 0) is 29.8 Å². The zero-order chi connectivity index (χ0) is 15.5. The van der Waals surface area contributed by atoms with Crippen LogP contribution in [0, 0.1) is 0 Å².